The molecule has 0 aromatic carbocycles. The Morgan fingerprint density at radius 1 is 1.11 bits per heavy atom. The smallest absolute Gasteiger partial charge is 0.326 e. The van der Waals surface area contributed by atoms with Crippen molar-refractivity contribution in [3.8, 4) is 0 Å². The van der Waals surface area contributed by atoms with Gasteiger partial charge in [0.1, 0.15) is 6.04 Å². The van der Waals surface area contributed by atoms with Crippen LogP contribution in [0, 0.1) is 23.2 Å². The molecule has 1 amide bonds. The summed E-state index contributed by atoms with van der Waals surface area (Å²) in [4.78, 5) is 33.8. The van der Waals surface area contributed by atoms with E-state index < -0.39 is 41.1 Å². The van der Waals surface area contributed by atoms with E-state index in [1.807, 2.05) is 0 Å². The fraction of sp³-hybridized carbons (Fsp3) is 0.750. The van der Waals surface area contributed by atoms with E-state index in [9.17, 15) is 14.4 Å². The Kier molecular flexibility index (Phi) is 3.69. The first kappa shape index (κ1) is 14.5. The molecule has 0 unspecified atom stereocenters. The minimum Gasteiger partial charge on any atom is -0.481 e. The maximum atomic E-state index is 11.9. The minimum atomic E-state index is -1.11. The van der Waals surface area contributed by atoms with Gasteiger partial charge in [0.2, 0.25) is 5.91 Å². The lowest BCUT2D eigenvalue weighted by molar-refractivity contribution is -0.143. The van der Waals surface area contributed by atoms with E-state index in [0.717, 1.165) is 0 Å². The van der Waals surface area contributed by atoms with Crippen LogP contribution in [0.3, 0.4) is 0 Å². The largest absolute Gasteiger partial charge is 0.481 e. The van der Waals surface area contributed by atoms with Gasteiger partial charge in [-0.1, -0.05) is 27.7 Å². The Morgan fingerprint density at radius 2 is 1.61 bits per heavy atom. The van der Waals surface area contributed by atoms with E-state index in [4.69, 9.17) is 10.2 Å². The van der Waals surface area contributed by atoms with Crippen molar-refractivity contribution in [1.82, 2.24) is 5.32 Å². The molecule has 3 N–H and O–H groups in total. The second kappa shape index (κ2) is 4.59. The average molecular weight is 257 g/mol. The van der Waals surface area contributed by atoms with E-state index in [-0.39, 0.29) is 5.92 Å². The highest BCUT2D eigenvalue weighted by Gasteiger charge is 2.66. The van der Waals surface area contributed by atoms with Crippen molar-refractivity contribution in [2.75, 3.05) is 0 Å². The number of hydrogen-bond donors (Lipinski definition) is 3. The predicted octanol–water partition coefficient (Wildman–Crippen LogP) is 0.569. The van der Waals surface area contributed by atoms with Crippen molar-refractivity contribution in [3.05, 3.63) is 0 Å². The standard InChI is InChI=1S/C12H19NO5/c1-5(2)8(11(17)18)13-9(14)6-7(10(15)16)12(6,3)4/h5-8H,1-4H3,(H,13,14)(H,15,16)(H,17,18)/t6-,7+,8+/m0/s1. The van der Waals surface area contributed by atoms with Gasteiger partial charge in [-0.25, -0.2) is 4.79 Å². The van der Waals surface area contributed by atoms with Crippen LogP contribution < -0.4 is 5.32 Å². The van der Waals surface area contributed by atoms with Crippen LogP contribution in [0.1, 0.15) is 27.7 Å². The molecule has 1 saturated carbocycles. The summed E-state index contributed by atoms with van der Waals surface area (Å²) in [7, 11) is 0. The van der Waals surface area contributed by atoms with Crippen LogP contribution in [0.4, 0.5) is 0 Å². The zero-order valence-corrected chi connectivity index (χ0v) is 10.9. The number of hydrogen-bond acceptors (Lipinski definition) is 3. The summed E-state index contributed by atoms with van der Waals surface area (Å²) >= 11 is 0. The van der Waals surface area contributed by atoms with Crippen LogP contribution in [-0.2, 0) is 14.4 Å². The Bertz CT molecular complexity index is 388. The van der Waals surface area contributed by atoms with Gasteiger partial charge in [-0.2, -0.15) is 0 Å². The average Bonchev–Trinajstić information content (AvgIpc) is 2.76. The Balaban J connectivity index is 2.73. The Labute approximate surface area is 105 Å². The zero-order chi connectivity index (χ0) is 14.2. The molecule has 1 aliphatic carbocycles. The van der Waals surface area contributed by atoms with Crippen molar-refractivity contribution in [2.45, 2.75) is 33.7 Å². The zero-order valence-electron chi connectivity index (χ0n) is 10.9. The second-order valence-corrected chi connectivity index (χ2v) is 5.68. The number of carboxylic acid groups (broad SMARTS) is 2. The molecule has 0 aromatic heterocycles. The summed E-state index contributed by atoms with van der Waals surface area (Å²) in [6.45, 7) is 6.76. The third-order valence-corrected chi connectivity index (χ3v) is 3.61. The molecule has 0 spiro atoms. The topological polar surface area (TPSA) is 104 Å². The molecule has 6 nitrogen and oxygen atoms in total. The number of aliphatic carboxylic acids is 2. The molecular weight excluding hydrogens is 238 g/mol. The lowest BCUT2D eigenvalue weighted by atomic mass is 10.0. The molecule has 3 atom stereocenters. The van der Waals surface area contributed by atoms with Gasteiger partial charge in [-0.05, 0) is 11.3 Å². The van der Waals surface area contributed by atoms with E-state index in [1.165, 1.54) is 0 Å². The van der Waals surface area contributed by atoms with Crippen LogP contribution in [0.25, 0.3) is 0 Å². The molecule has 0 heterocycles. The van der Waals surface area contributed by atoms with Gasteiger partial charge in [0.15, 0.2) is 0 Å². The van der Waals surface area contributed by atoms with Gasteiger partial charge < -0.3 is 15.5 Å². The molecule has 0 bridgehead atoms. The van der Waals surface area contributed by atoms with E-state index >= 15 is 0 Å². The molecule has 0 radical (unpaired) electrons. The highest BCUT2D eigenvalue weighted by Crippen LogP contribution is 2.58. The van der Waals surface area contributed by atoms with Crippen molar-refractivity contribution in [1.29, 1.82) is 0 Å². The molecule has 18 heavy (non-hydrogen) atoms. The molecule has 1 aliphatic rings. The van der Waals surface area contributed by atoms with E-state index in [2.05, 4.69) is 5.32 Å². The number of amides is 1. The third-order valence-electron chi connectivity index (χ3n) is 3.61. The maximum absolute atomic E-state index is 11.9. The lowest BCUT2D eigenvalue weighted by Gasteiger charge is -2.18. The summed E-state index contributed by atoms with van der Waals surface area (Å²) < 4.78 is 0. The first-order valence-corrected chi connectivity index (χ1v) is 5.86. The van der Waals surface area contributed by atoms with Gasteiger partial charge in [0.05, 0.1) is 11.8 Å². The van der Waals surface area contributed by atoms with Crippen LogP contribution in [0.15, 0.2) is 0 Å². The minimum absolute atomic E-state index is 0.253. The summed E-state index contributed by atoms with van der Waals surface area (Å²) in [5.41, 5.74) is -0.615. The monoisotopic (exact) mass is 257 g/mol. The summed E-state index contributed by atoms with van der Waals surface area (Å²) in [5.74, 6) is -4.26. The first-order valence-electron chi connectivity index (χ1n) is 5.86. The number of carbonyl (C=O) groups is 3. The molecule has 0 saturated heterocycles. The highest BCUT2D eigenvalue weighted by molar-refractivity contribution is 5.93. The lowest BCUT2D eigenvalue weighted by Crippen LogP contribution is -2.45. The van der Waals surface area contributed by atoms with Crippen LogP contribution in [-0.4, -0.2) is 34.1 Å². The van der Waals surface area contributed by atoms with Gasteiger partial charge in [-0.15, -0.1) is 0 Å². The second-order valence-electron chi connectivity index (χ2n) is 5.68. The third kappa shape index (κ3) is 2.47. The van der Waals surface area contributed by atoms with Crippen LogP contribution in [0.2, 0.25) is 0 Å². The molecule has 1 fully saturated rings. The molecule has 0 aliphatic heterocycles. The summed E-state index contributed by atoms with van der Waals surface area (Å²) in [6.07, 6.45) is 0. The van der Waals surface area contributed by atoms with E-state index in [0.29, 0.717) is 0 Å². The van der Waals surface area contributed by atoms with Crippen molar-refractivity contribution < 1.29 is 24.6 Å². The predicted molar refractivity (Wildman–Crippen MR) is 62.8 cm³/mol. The maximum Gasteiger partial charge on any atom is 0.326 e. The Morgan fingerprint density at radius 3 is 1.89 bits per heavy atom. The quantitative estimate of drug-likeness (QED) is 0.668. The normalized spacial score (nSPS) is 26.5. The number of nitrogens with one attached hydrogen (secondary N) is 1. The van der Waals surface area contributed by atoms with Gasteiger partial charge in [-0.3, -0.25) is 9.59 Å². The van der Waals surface area contributed by atoms with E-state index in [1.54, 1.807) is 27.7 Å². The number of rotatable bonds is 5. The van der Waals surface area contributed by atoms with Crippen LogP contribution >= 0.6 is 0 Å². The SMILES string of the molecule is CC(C)[C@@H](NC(=O)[C@@H]1[C@H](C(=O)O)C1(C)C)C(=O)O. The number of carboxylic acids is 2. The Hall–Kier alpha value is -1.59. The number of carbonyl (C=O) groups excluding carboxylic acids is 1. The summed E-state index contributed by atoms with van der Waals surface area (Å²) in [5, 5.41) is 20.3. The molecular formula is C12H19NO5. The van der Waals surface area contributed by atoms with Crippen molar-refractivity contribution >= 4 is 17.8 Å². The fourth-order valence-electron chi connectivity index (χ4n) is 2.34. The summed E-state index contributed by atoms with van der Waals surface area (Å²) in [6, 6.07) is -0.983. The van der Waals surface area contributed by atoms with Crippen LogP contribution in [0.5, 0.6) is 0 Å². The fourth-order valence-corrected chi connectivity index (χ4v) is 2.34. The molecule has 0 aromatic rings. The first-order chi connectivity index (χ1) is 8.10. The van der Waals surface area contributed by atoms with Crippen molar-refractivity contribution in [2.24, 2.45) is 23.2 Å². The molecule has 1 rings (SSSR count). The highest BCUT2D eigenvalue weighted by atomic mass is 16.4. The van der Waals surface area contributed by atoms with Crippen molar-refractivity contribution in [3.63, 3.8) is 0 Å². The van der Waals surface area contributed by atoms with Gasteiger partial charge in [0, 0.05) is 0 Å². The molecule has 6 heteroatoms. The van der Waals surface area contributed by atoms with Gasteiger partial charge >= 0.3 is 11.9 Å². The van der Waals surface area contributed by atoms with Gasteiger partial charge in [0.25, 0.3) is 0 Å². The molecule has 102 valence electrons.